The fourth-order valence-electron chi connectivity index (χ4n) is 2.36. The van der Waals surface area contributed by atoms with Crippen molar-refractivity contribution in [2.24, 2.45) is 5.84 Å². The minimum absolute atomic E-state index is 0.0444. The van der Waals surface area contributed by atoms with E-state index in [4.69, 9.17) is 10.8 Å². The van der Waals surface area contributed by atoms with Crippen LogP contribution in [-0.2, 0) is 5.41 Å². The molecule has 0 spiro atoms. The zero-order valence-electron chi connectivity index (χ0n) is 12.9. The van der Waals surface area contributed by atoms with Gasteiger partial charge in [0.05, 0.1) is 5.69 Å². The highest BCUT2D eigenvalue weighted by Crippen LogP contribution is 2.40. The number of nitrogens with two attached hydrogens (primary N) is 1. The summed E-state index contributed by atoms with van der Waals surface area (Å²) in [5.41, 5.74) is 6.02. The van der Waals surface area contributed by atoms with Gasteiger partial charge in [-0.25, -0.2) is 15.8 Å². The van der Waals surface area contributed by atoms with Crippen LogP contribution in [0.1, 0.15) is 50.8 Å². The molecule has 2 aromatic rings. The molecule has 0 amide bonds. The molecule has 1 aromatic heterocycles. The summed E-state index contributed by atoms with van der Waals surface area (Å²) in [5.74, 6) is 7.68. The molecule has 4 nitrogen and oxygen atoms in total. The highest BCUT2D eigenvalue weighted by molar-refractivity contribution is 5.58. The SMILES string of the molecule is CC(C)(C)c1cc(NN)nc(-c2ccc(C3CC3)cc2)n1. The Labute approximate surface area is 125 Å². The fourth-order valence-corrected chi connectivity index (χ4v) is 2.36. The predicted molar refractivity (Wildman–Crippen MR) is 86.0 cm³/mol. The summed E-state index contributed by atoms with van der Waals surface area (Å²) in [5, 5.41) is 0. The summed E-state index contributed by atoms with van der Waals surface area (Å²) in [4.78, 5) is 9.18. The number of nitrogens with one attached hydrogen (secondary N) is 1. The molecule has 110 valence electrons. The summed E-state index contributed by atoms with van der Waals surface area (Å²) in [6.45, 7) is 6.40. The minimum atomic E-state index is -0.0444. The smallest absolute Gasteiger partial charge is 0.161 e. The fraction of sp³-hybridized carbons (Fsp3) is 0.412. The molecule has 1 fully saturated rings. The first kappa shape index (κ1) is 14.0. The number of nitrogens with zero attached hydrogens (tertiary/aromatic N) is 2. The zero-order valence-corrected chi connectivity index (χ0v) is 12.9. The number of rotatable bonds is 3. The Morgan fingerprint density at radius 2 is 1.76 bits per heavy atom. The van der Waals surface area contributed by atoms with Gasteiger partial charge in [-0.15, -0.1) is 0 Å². The monoisotopic (exact) mass is 282 g/mol. The van der Waals surface area contributed by atoms with Gasteiger partial charge in [-0.1, -0.05) is 45.0 Å². The third-order valence-corrected chi connectivity index (χ3v) is 3.86. The van der Waals surface area contributed by atoms with Gasteiger partial charge in [-0.3, -0.25) is 0 Å². The summed E-state index contributed by atoms with van der Waals surface area (Å²) >= 11 is 0. The molecule has 1 aromatic carbocycles. The second kappa shape index (κ2) is 5.11. The van der Waals surface area contributed by atoms with Crippen LogP contribution >= 0.6 is 0 Å². The van der Waals surface area contributed by atoms with Crippen molar-refractivity contribution in [3.63, 3.8) is 0 Å². The van der Waals surface area contributed by atoms with Gasteiger partial charge in [0.15, 0.2) is 5.82 Å². The molecule has 1 aliphatic rings. The molecule has 0 saturated heterocycles. The lowest BCUT2D eigenvalue weighted by Gasteiger charge is -2.19. The van der Waals surface area contributed by atoms with Crippen molar-refractivity contribution >= 4 is 5.82 Å². The number of hydrogen-bond donors (Lipinski definition) is 2. The van der Waals surface area contributed by atoms with E-state index < -0.39 is 0 Å². The minimum Gasteiger partial charge on any atom is -0.308 e. The highest BCUT2D eigenvalue weighted by Gasteiger charge is 2.23. The normalized spacial score (nSPS) is 15.0. The molecule has 0 bridgehead atoms. The number of anilines is 1. The van der Waals surface area contributed by atoms with Crippen LogP contribution in [0.2, 0.25) is 0 Å². The first-order valence-electron chi connectivity index (χ1n) is 7.44. The van der Waals surface area contributed by atoms with Crippen LogP contribution in [0.5, 0.6) is 0 Å². The second-order valence-electron chi connectivity index (χ2n) is 6.75. The molecule has 0 aliphatic heterocycles. The van der Waals surface area contributed by atoms with Crippen molar-refractivity contribution in [3.8, 4) is 11.4 Å². The van der Waals surface area contributed by atoms with Crippen LogP contribution in [0.15, 0.2) is 30.3 Å². The van der Waals surface area contributed by atoms with Crippen molar-refractivity contribution in [2.45, 2.75) is 44.9 Å². The number of nitrogen functional groups attached to an aromatic ring is 1. The first-order valence-corrected chi connectivity index (χ1v) is 7.44. The van der Waals surface area contributed by atoms with Gasteiger partial charge >= 0.3 is 0 Å². The Morgan fingerprint density at radius 3 is 2.29 bits per heavy atom. The van der Waals surface area contributed by atoms with Gasteiger partial charge in [0, 0.05) is 17.0 Å². The molecule has 3 rings (SSSR count). The van der Waals surface area contributed by atoms with Crippen LogP contribution < -0.4 is 11.3 Å². The quantitative estimate of drug-likeness (QED) is 0.667. The van der Waals surface area contributed by atoms with Crippen molar-refractivity contribution in [2.75, 3.05) is 5.43 Å². The van der Waals surface area contributed by atoms with Gasteiger partial charge in [-0.2, -0.15) is 0 Å². The number of benzene rings is 1. The first-order chi connectivity index (χ1) is 9.97. The molecular weight excluding hydrogens is 260 g/mol. The van der Waals surface area contributed by atoms with E-state index in [-0.39, 0.29) is 5.41 Å². The lowest BCUT2D eigenvalue weighted by molar-refractivity contribution is 0.568. The van der Waals surface area contributed by atoms with E-state index in [2.05, 4.69) is 55.4 Å². The van der Waals surface area contributed by atoms with Crippen molar-refractivity contribution in [1.82, 2.24) is 9.97 Å². The Kier molecular flexibility index (Phi) is 3.41. The standard InChI is InChI=1S/C17H22N4/c1-17(2,3)14-10-15(21-18)20-16(19-14)13-8-6-12(7-9-13)11-4-5-11/h6-11H,4-5,18H2,1-3H3,(H,19,20,21). The second-order valence-corrected chi connectivity index (χ2v) is 6.75. The van der Waals surface area contributed by atoms with Crippen LogP contribution in [0, 0.1) is 0 Å². The molecule has 3 N–H and O–H groups in total. The summed E-state index contributed by atoms with van der Waals surface area (Å²) in [6.07, 6.45) is 2.63. The van der Waals surface area contributed by atoms with E-state index in [0.717, 1.165) is 23.0 Å². The zero-order chi connectivity index (χ0) is 15.0. The number of aromatic nitrogens is 2. The van der Waals surface area contributed by atoms with E-state index in [9.17, 15) is 0 Å². The maximum Gasteiger partial charge on any atom is 0.161 e. The van der Waals surface area contributed by atoms with Crippen molar-refractivity contribution in [3.05, 3.63) is 41.6 Å². The van der Waals surface area contributed by atoms with Crippen LogP contribution in [0.25, 0.3) is 11.4 Å². The lowest BCUT2D eigenvalue weighted by Crippen LogP contribution is -2.17. The largest absolute Gasteiger partial charge is 0.308 e. The molecule has 4 heteroatoms. The van der Waals surface area contributed by atoms with E-state index >= 15 is 0 Å². The average Bonchev–Trinajstić information content (AvgIpc) is 3.30. The van der Waals surface area contributed by atoms with Crippen molar-refractivity contribution in [1.29, 1.82) is 0 Å². The van der Waals surface area contributed by atoms with Crippen molar-refractivity contribution < 1.29 is 0 Å². The van der Waals surface area contributed by atoms with Crippen LogP contribution in [0.3, 0.4) is 0 Å². The number of hydrazine groups is 1. The molecule has 1 heterocycles. The average molecular weight is 282 g/mol. The lowest BCUT2D eigenvalue weighted by atomic mass is 9.92. The third kappa shape index (κ3) is 3.05. The Hall–Kier alpha value is -1.94. The van der Waals surface area contributed by atoms with E-state index in [1.807, 2.05) is 6.07 Å². The van der Waals surface area contributed by atoms with Gasteiger partial charge in [-0.05, 0) is 24.3 Å². The molecular formula is C17H22N4. The maximum absolute atomic E-state index is 5.54. The Bertz CT molecular complexity index is 637. The molecule has 1 saturated carbocycles. The van der Waals surface area contributed by atoms with E-state index in [1.165, 1.54) is 18.4 Å². The highest BCUT2D eigenvalue weighted by atomic mass is 15.3. The van der Waals surface area contributed by atoms with Gasteiger partial charge in [0.1, 0.15) is 5.82 Å². The topological polar surface area (TPSA) is 63.8 Å². The molecule has 0 radical (unpaired) electrons. The Balaban J connectivity index is 1.99. The van der Waals surface area contributed by atoms with Gasteiger partial charge < -0.3 is 5.43 Å². The molecule has 0 unspecified atom stereocenters. The van der Waals surface area contributed by atoms with Gasteiger partial charge in [0.2, 0.25) is 0 Å². The molecule has 21 heavy (non-hydrogen) atoms. The third-order valence-electron chi connectivity index (χ3n) is 3.86. The van der Waals surface area contributed by atoms with Gasteiger partial charge in [0.25, 0.3) is 0 Å². The summed E-state index contributed by atoms with van der Waals surface area (Å²) in [7, 11) is 0. The number of hydrogen-bond acceptors (Lipinski definition) is 4. The summed E-state index contributed by atoms with van der Waals surface area (Å²) in [6, 6.07) is 10.5. The van der Waals surface area contributed by atoms with E-state index in [0.29, 0.717) is 5.82 Å². The molecule has 0 atom stereocenters. The van der Waals surface area contributed by atoms with E-state index in [1.54, 1.807) is 0 Å². The maximum atomic E-state index is 5.54. The van der Waals surface area contributed by atoms with Crippen LogP contribution in [-0.4, -0.2) is 9.97 Å². The molecule has 1 aliphatic carbocycles. The summed E-state index contributed by atoms with van der Waals surface area (Å²) < 4.78 is 0. The van der Waals surface area contributed by atoms with Crippen LogP contribution in [0.4, 0.5) is 5.82 Å². The Morgan fingerprint density at radius 1 is 1.10 bits per heavy atom. The predicted octanol–water partition coefficient (Wildman–Crippen LogP) is 3.60.